The van der Waals surface area contributed by atoms with Crippen LogP contribution < -0.4 is 0 Å². The molecule has 0 unspecified atom stereocenters. The highest BCUT2D eigenvalue weighted by molar-refractivity contribution is 7.99. The Morgan fingerprint density at radius 2 is 1.97 bits per heavy atom. The van der Waals surface area contributed by atoms with Crippen LogP contribution >= 0.6 is 23.4 Å². The third-order valence-corrected chi connectivity index (χ3v) is 6.82. The molecule has 2 aromatic carbocycles. The summed E-state index contributed by atoms with van der Waals surface area (Å²) in [5.74, 6) is 1.36. The molecular formula is C25H28ClN5O2S. The Kier molecular flexibility index (Phi) is 8.03. The van der Waals surface area contributed by atoms with Crippen molar-refractivity contribution in [1.82, 2.24) is 19.7 Å². The maximum atomic E-state index is 12.0. The minimum absolute atomic E-state index is 0.238. The van der Waals surface area contributed by atoms with Crippen LogP contribution in [0.15, 0.2) is 58.7 Å². The molecule has 4 rings (SSSR count). The van der Waals surface area contributed by atoms with Gasteiger partial charge >= 0.3 is 5.97 Å². The summed E-state index contributed by atoms with van der Waals surface area (Å²) in [6, 6.07) is 15.5. The van der Waals surface area contributed by atoms with Crippen molar-refractivity contribution in [1.29, 1.82) is 0 Å². The van der Waals surface area contributed by atoms with Crippen molar-refractivity contribution in [2.45, 2.75) is 30.5 Å². The second kappa shape index (κ2) is 11.2. The lowest BCUT2D eigenvalue weighted by atomic mass is 10.0. The number of nitrogens with zero attached hydrogens (tertiary/aromatic N) is 5. The van der Waals surface area contributed by atoms with E-state index in [-0.39, 0.29) is 18.4 Å². The highest BCUT2D eigenvalue weighted by atomic mass is 35.5. The van der Waals surface area contributed by atoms with E-state index in [4.69, 9.17) is 21.3 Å². The summed E-state index contributed by atoms with van der Waals surface area (Å²) in [6.45, 7) is 1.00. The normalized spacial score (nSPS) is 14.9. The number of methoxy groups -OCH3 is 1. The number of thioether (sulfide) groups is 1. The molecule has 0 saturated heterocycles. The van der Waals surface area contributed by atoms with Gasteiger partial charge in [-0.3, -0.25) is 14.4 Å². The van der Waals surface area contributed by atoms with E-state index in [2.05, 4.69) is 33.8 Å². The topological polar surface area (TPSA) is 72.6 Å². The predicted octanol–water partition coefficient (Wildman–Crippen LogP) is 4.81. The number of hydrogen-bond acceptors (Lipinski definition) is 7. The van der Waals surface area contributed by atoms with Crippen LogP contribution in [-0.2, 0) is 9.53 Å². The largest absolute Gasteiger partial charge is 0.469 e. The Bertz CT molecular complexity index is 1180. The van der Waals surface area contributed by atoms with Crippen molar-refractivity contribution < 1.29 is 9.53 Å². The van der Waals surface area contributed by atoms with E-state index in [0.717, 1.165) is 46.4 Å². The quantitative estimate of drug-likeness (QED) is 0.240. The number of carbonyl (C=O) groups is 1. The van der Waals surface area contributed by atoms with E-state index < -0.39 is 0 Å². The van der Waals surface area contributed by atoms with Gasteiger partial charge < -0.3 is 9.64 Å². The zero-order valence-corrected chi connectivity index (χ0v) is 21.1. The molecule has 2 heterocycles. The van der Waals surface area contributed by atoms with E-state index >= 15 is 0 Å². The summed E-state index contributed by atoms with van der Waals surface area (Å²) in [5, 5.41) is 10.5. The monoisotopic (exact) mass is 497 g/mol. The zero-order chi connectivity index (χ0) is 24.1. The summed E-state index contributed by atoms with van der Waals surface area (Å²) in [6.07, 6.45) is 1.74. The van der Waals surface area contributed by atoms with Crippen molar-refractivity contribution in [2.24, 2.45) is 4.99 Å². The summed E-state index contributed by atoms with van der Waals surface area (Å²) in [7, 11) is 5.54. The SMILES string of the molecule is COC(=O)CC[C@@H]1N=C(c2ccccc2)c2cc(Cl)ccc2-n2c(SCCCN(C)C)nnc21. The molecule has 0 bridgehead atoms. The Balaban J connectivity index is 1.81. The van der Waals surface area contributed by atoms with Gasteiger partial charge in [0.1, 0.15) is 6.04 Å². The Hall–Kier alpha value is -2.68. The van der Waals surface area contributed by atoms with Gasteiger partial charge in [0.05, 0.1) is 18.5 Å². The van der Waals surface area contributed by atoms with E-state index in [1.807, 2.05) is 48.5 Å². The molecule has 34 heavy (non-hydrogen) atoms. The number of carbonyl (C=O) groups excluding carboxylic acids is 1. The molecule has 1 aromatic heterocycles. The van der Waals surface area contributed by atoms with Gasteiger partial charge in [-0.1, -0.05) is 53.7 Å². The zero-order valence-electron chi connectivity index (χ0n) is 19.6. The lowest BCUT2D eigenvalue weighted by molar-refractivity contribution is -0.140. The van der Waals surface area contributed by atoms with Gasteiger partial charge in [0.25, 0.3) is 0 Å². The summed E-state index contributed by atoms with van der Waals surface area (Å²) >= 11 is 8.12. The molecule has 0 spiro atoms. The fourth-order valence-corrected chi connectivity index (χ4v) is 4.96. The molecule has 1 aliphatic rings. The first-order valence-corrected chi connectivity index (χ1v) is 12.6. The molecule has 7 nitrogen and oxygen atoms in total. The first kappa shape index (κ1) is 24.4. The van der Waals surface area contributed by atoms with Crippen molar-refractivity contribution >= 4 is 35.0 Å². The Labute approximate surface area is 209 Å². The molecule has 1 atom stereocenters. The number of halogens is 1. The summed E-state index contributed by atoms with van der Waals surface area (Å²) in [5.41, 5.74) is 3.65. The lowest BCUT2D eigenvalue weighted by Crippen LogP contribution is -2.13. The van der Waals surface area contributed by atoms with Crippen LogP contribution in [0.4, 0.5) is 0 Å². The number of aromatic nitrogens is 3. The standard InChI is InChI=1S/C25H28ClN5O2S/c1-30(2)14-7-15-34-25-29-28-24-20(11-13-22(32)33-3)27-23(17-8-5-4-6-9-17)19-16-18(26)10-12-21(19)31(24)25/h4-6,8-10,12,16,20H,7,11,13-15H2,1-3H3/t20-/m0/s1. The van der Waals surface area contributed by atoms with Crippen molar-refractivity contribution in [3.05, 3.63) is 70.5 Å². The van der Waals surface area contributed by atoms with E-state index in [0.29, 0.717) is 17.3 Å². The average molecular weight is 498 g/mol. The maximum Gasteiger partial charge on any atom is 0.305 e. The molecule has 0 aliphatic carbocycles. The van der Waals surface area contributed by atoms with Gasteiger partial charge in [0.15, 0.2) is 11.0 Å². The molecule has 178 valence electrons. The fourth-order valence-electron chi connectivity index (χ4n) is 3.91. The first-order valence-electron chi connectivity index (χ1n) is 11.2. The van der Waals surface area contributed by atoms with Gasteiger partial charge in [-0.05, 0) is 51.7 Å². The van der Waals surface area contributed by atoms with Crippen LogP contribution in [0.1, 0.15) is 42.3 Å². The van der Waals surface area contributed by atoms with Crippen molar-refractivity contribution in [2.75, 3.05) is 33.5 Å². The third kappa shape index (κ3) is 5.51. The Morgan fingerprint density at radius 3 is 2.71 bits per heavy atom. The van der Waals surface area contributed by atoms with Gasteiger partial charge in [0, 0.05) is 28.3 Å². The van der Waals surface area contributed by atoms with Gasteiger partial charge in [-0.2, -0.15) is 0 Å². The second-order valence-corrected chi connectivity index (χ2v) is 9.82. The number of aliphatic imine (C=N–C) groups is 1. The molecular weight excluding hydrogens is 470 g/mol. The van der Waals surface area contributed by atoms with Gasteiger partial charge in [-0.25, -0.2) is 0 Å². The highest BCUT2D eigenvalue weighted by Gasteiger charge is 2.29. The molecule has 0 N–H and O–H groups in total. The van der Waals surface area contributed by atoms with Crippen LogP contribution in [-0.4, -0.2) is 64.8 Å². The molecule has 3 aromatic rings. The van der Waals surface area contributed by atoms with Gasteiger partial charge in [0.2, 0.25) is 0 Å². The average Bonchev–Trinajstić information content (AvgIpc) is 3.20. The minimum atomic E-state index is -0.357. The van der Waals surface area contributed by atoms with Crippen molar-refractivity contribution in [3.8, 4) is 5.69 Å². The first-order chi connectivity index (χ1) is 16.5. The molecule has 0 radical (unpaired) electrons. The van der Waals surface area contributed by atoms with E-state index in [9.17, 15) is 4.79 Å². The summed E-state index contributed by atoms with van der Waals surface area (Å²) in [4.78, 5) is 19.3. The fraction of sp³-hybridized carbons (Fsp3) is 0.360. The number of ether oxygens (including phenoxy) is 1. The molecule has 0 saturated carbocycles. The number of hydrogen-bond donors (Lipinski definition) is 0. The van der Waals surface area contributed by atoms with Crippen LogP contribution in [0.3, 0.4) is 0 Å². The third-order valence-electron chi connectivity index (χ3n) is 5.57. The molecule has 0 amide bonds. The number of rotatable bonds is 9. The van der Waals surface area contributed by atoms with E-state index in [1.54, 1.807) is 11.8 Å². The molecule has 9 heteroatoms. The van der Waals surface area contributed by atoms with Crippen LogP contribution in [0.25, 0.3) is 5.69 Å². The van der Waals surface area contributed by atoms with Crippen molar-refractivity contribution in [3.63, 3.8) is 0 Å². The smallest absolute Gasteiger partial charge is 0.305 e. The minimum Gasteiger partial charge on any atom is -0.469 e. The lowest BCUT2D eigenvalue weighted by Gasteiger charge is -2.14. The van der Waals surface area contributed by atoms with Crippen LogP contribution in [0.5, 0.6) is 0 Å². The van der Waals surface area contributed by atoms with Crippen LogP contribution in [0, 0.1) is 0 Å². The highest BCUT2D eigenvalue weighted by Crippen LogP contribution is 2.36. The molecule has 0 fully saturated rings. The number of benzene rings is 2. The molecule has 1 aliphatic heterocycles. The number of esters is 1. The summed E-state index contributed by atoms with van der Waals surface area (Å²) < 4.78 is 6.96. The predicted molar refractivity (Wildman–Crippen MR) is 136 cm³/mol. The van der Waals surface area contributed by atoms with E-state index in [1.165, 1.54) is 7.11 Å². The van der Waals surface area contributed by atoms with Gasteiger partial charge in [-0.15, -0.1) is 10.2 Å². The van der Waals surface area contributed by atoms with Crippen LogP contribution in [0.2, 0.25) is 5.02 Å². The second-order valence-electron chi connectivity index (χ2n) is 8.32. The number of fused-ring (bicyclic) bond motifs is 3. The Morgan fingerprint density at radius 1 is 1.18 bits per heavy atom. The maximum absolute atomic E-state index is 12.0.